The molecule has 4 aromatic heterocycles. The third-order valence-corrected chi connectivity index (χ3v) is 8.08. The number of aliphatic hydroxyl groups excluding tert-OH is 1. The molecule has 1 saturated heterocycles. The molecule has 2 fully saturated rings. The van der Waals surface area contributed by atoms with Gasteiger partial charge in [-0.15, -0.1) is 0 Å². The summed E-state index contributed by atoms with van der Waals surface area (Å²) in [6.07, 6.45) is 7.60. The zero-order valence-corrected chi connectivity index (χ0v) is 19.2. The van der Waals surface area contributed by atoms with E-state index in [9.17, 15) is 18.3 Å². The van der Waals surface area contributed by atoms with Gasteiger partial charge in [0.15, 0.2) is 5.82 Å². The van der Waals surface area contributed by atoms with Crippen LogP contribution >= 0.6 is 0 Å². The van der Waals surface area contributed by atoms with Gasteiger partial charge in [0.25, 0.3) is 10.0 Å². The van der Waals surface area contributed by atoms with Crippen LogP contribution in [0.2, 0.25) is 0 Å². The Morgan fingerprint density at radius 1 is 1.17 bits per heavy atom. The standard InChI is InChI=1S/C21H21N9O4S/c31-11-19-26-15-9-23-18(6-16(15)30(19)13-5-20(32)24-8-13)27-17-3-4-22-21(28-17)12-7-25-29(10-12)35(33,34)14-1-2-14/h3-4,6-7,9-10,13-14,31H,1-2,5,8,11H2,(H,24,32)(H,22,23,27,28). The first-order valence-corrected chi connectivity index (χ1v) is 12.6. The van der Waals surface area contributed by atoms with Crippen molar-refractivity contribution in [2.45, 2.75) is 37.2 Å². The fraction of sp³-hybridized carbons (Fsp3) is 0.333. The van der Waals surface area contributed by atoms with Crippen molar-refractivity contribution in [3.63, 3.8) is 0 Å². The zero-order valence-electron chi connectivity index (χ0n) is 18.4. The first-order chi connectivity index (χ1) is 16.9. The lowest BCUT2D eigenvalue weighted by Crippen LogP contribution is -2.17. The Balaban J connectivity index is 1.29. The van der Waals surface area contributed by atoms with Crippen LogP contribution in [0, 0.1) is 0 Å². The number of nitrogens with zero attached hydrogens (tertiary/aromatic N) is 7. The number of carbonyl (C=O) groups is 1. The van der Waals surface area contributed by atoms with Crippen LogP contribution in [0.15, 0.2) is 36.9 Å². The van der Waals surface area contributed by atoms with Crippen molar-refractivity contribution in [1.82, 2.24) is 39.0 Å². The largest absolute Gasteiger partial charge is 0.388 e. The van der Waals surface area contributed by atoms with Gasteiger partial charge < -0.3 is 20.3 Å². The molecule has 180 valence electrons. The molecular weight excluding hydrogens is 474 g/mol. The van der Waals surface area contributed by atoms with E-state index in [0.717, 1.165) is 9.60 Å². The molecule has 0 radical (unpaired) electrons. The Morgan fingerprint density at radius 3 is 2.77 bits per heavy atom. The van der Waals surface area contributed by atoms with Crippen molar-refractivity contribution in [2.24, 2.45) is 0 Å². The maximum atomic E-state index is 12.4. The number of anilines is 2. The van der Waals surface area contributed by atoms with Gasteiger partial charge in [0.05, 0.1) is 41.0 Å². The minimum absolute atomic E-state index is 0.0464. The lowest BCUT2D eigenvalue weighted by Gasteiger charge is -2.14. The molecule has 3 N–H and O–H groups in total. The molecule has 2 aliphatic rings. The number of imidazole rings is 1. The maximum Gasteiger partial charge on any atom is 0.256 e. The Bertz CT molecular complexity index is 1560. The van der Waals surface area contributed by atoms with E-state index in [2.05, 4.69) is 35.7 Å². The first kappa shape index (κ1) is 21.6. The summed E-state index contributed by atoms with van der Waals surface area (Å²) in [6, 6.07) is 3.29. The lowest BCUT2D eigenvalue weighted by molar-refractivity contribution is -0.119. The van der Waals surface area contributed by atoms with Crippen molar-refractivity contribution in [3.05, 3.63) is 42.7 Å². The van der Waals surface area contributed by atoms with E-state index in [1.54, 1.807) is 24.5 Å². The highest BCUT2D eigenvalue weighted by Gasteiger charge is 2.37. The third kappa shape index (κ3) is 3.89. The Kier molecular flexibility index (Phi) is 5.00. The van der Waals surface area contributed by atoms with Gasteiger partial charge in [-0.1, -0.05) is 0 Å². The van der Waals surface area contributed by atoms with E-state index in [1.165, 1.54) is 12.4 Å². The second-order valence-corrected chi connectivity index (χ2v) is 10.6. The van der Waals surface area contributed by atoms with Gasteiger partial charge >= 0.3 is 0 Å². The fourth-order valence-electron chi connectivity index (χ4n) is 4.19. The summed E-state index contributed by atoms with van der Waals surface area (Å²) in [6.45, 7) is 0.198. The van der Waals surface area contributed by atoms with Gasteiger partial charge in [-0.2, -0.15) is 9.19 Å². The van der Waals surface area contributed by atoms with E-state index < -0.39 is 10.0 Å². The predicted molar refractivity (Wildman–Crippen MR) is 124 cm³/mol. The molecule has 0 bridgehead atoms. The molecule has 1 amide bonds. The minimum atomic E-state index is -3.47. The number of amides is 1. The van der Waals surface area contributed by atoms with Crippen LogP contribution in [0.3, 0.4) is 0 Å². The van der Waals surface area contributed by atoms with Crippen LogP contribution in [0.5, 0.6) is 0 Å². The minimum Gasteiger partial charge on any atom is -0.388 e. The number of pyridine rings is 1. The van der Waals surface area contributed by atoms with E-state index in [-0.39, 0.29) is 23.8 Å². The van der Waals surface area contributed by atoms with E-state index >= 15 is 0 Å². The molecule has 1 aliphatic carbocycles. The van der Waals surface area contributed by atoms with Crippen molar-refractivity contribution in [3.8, 4) is 11.4 Å². The van der Waals surface area contributed by atoms with Gasteiger partial charge in [-0.05, 0) is 18.9 Å². The van der Waals surface area contributed by atoms with Crippen LogP contribution in [-0.4, -0.2) is 64.9 Å². The number of rotatable bonds is 7. The molecule has 0 aromatic carbocycles. The lowest BCUT2D eigenvalue weighted by atomic mass is 10.2. The number of aromatic nitrogens is 7. The first-order valence-electron chi connectivity index (χ1n) is 11.1. The van der Waals surface area contributed by atoms with E-state index in [1.807, 2.05) is 4.57 Å². The van der Waals surface area contributed by atoms with Crippen LogP contribution in [0.25, 0.3) is 22.4 Å². The Morgan fingerprint density at radius 2 is 2.03 bits per heavy atom. The summed E-state index contributed by atoms with van der Waals surface area (Å²) < 4.78 is 27.7. The summed E-state index contributed by atoms with van der Waals surface area (Å²) in [5, 5.41) is 19.3. The van der Waals surface area contributed by atoms with Gasteiger partial charge in [0, 0.05) is 25.2 Å². The summed E-state index contributed by atoms with van der Waals surface area (Å²) in [5.74, 6) is 1.66. The van der Waals surface area contributed by atoms with Crippen LogP contribution in [0.4, 0.5) is 11.6 Å². The molecule has 6 rings (SSSR count). The predicted octanol–water partition coefficient (Wildman–Crippen LogP) is 0.722. The van der Waals surface area contributed by atoms with Gasteiger partial charge in [-0.25, -0.2) is 28.4 Å². The molecule has 1 unspecified atom stereocenters. The highest BCUT2D eigenvalue weighted by Crippen LogP contribution is 2.31. The van der Waals surface area contributed by atoms with Crippen molar-refractivity contribution in [1.29, 1.82) is 0 Å². The van der Waals surface area contributed by atoms with Gasteiger partial charge in [-0.3, -0.25) is 4.79 Å². The molecule has 0 spiro atoms. The number of hydrogen-bond donors (Lipinski definition) is 3. The maximum absolute atomic E-state index is 12.4. The van der Waals surface area contributed by atoms with Crippen molar-refractivity contribution >= 4 is 38.6 Å². The molecule has 14 heteroatoms. The summed E-state index contributed by atoms with van der Waals surface area (Å²) >= 11 is 0. The Hall–Kier alpha value is -3.91. The molecular formula is C21H21N9O4S. The second-order valence-electron chi connectivity index (χ2n) is 8.51. The topological polar surface area (TPSA) is 170 Å². The van der Waals surface area contributed by atoms with Crippen LogP contribution < -0.4 is 10.6 Å². The monoisotopic (exact) mass is 495 g/mol. The second kappa shape index (κ2) is 8.09. The molecule has 4 aromatic rings. The number of nitrogens with one attached hydrogen (secondary N) is 2. The number of fused-ring (bicyclic) bond motifs is 1. The molecule has 5 heterocycles. The molecule has 1 saturated carbocycles. The van der Waals surface area contributed by atoms with Crippen molar-refractivity contribution < 1.29 is 18.3 Å². The third-order valence-electron chi connectivity index (χ3n) is 6.05. The normalized spacial score (nSPS) is 18.2. The highest BCUT2D eigenvalue weighted by molar-refractivity contribution is 7.90. The summed E-state index contributed by atoms with van der Waals surface area (Å²) in [5.41, 5.74) is 1.81. The quantitative estimate of drug-likeness (QED) is 0.332. The van der Waals surface area contributed by atoms with Crippen LogP contribution in [0.1, 0.15) is 31.1 Å². The summed E-state index contributed by atoms with van der Waals surface area (Å²) in [7, 11) is -3.47. The summed E-state index contributed by atoms with van der Waals surface area (Å²) in [4.78, 5) is 29.3. The number of carbonyl (C=O) groups excluding carboxylic acids is 1. The molecule has 1 atom stereocenters. The average molecular weight is 496 g/mol. The van der Waals surface area contributed by atoms with E-state index in [4.69, 9.17) is 0 Å². The number of aliphatic hydroxyl groups is 1. The SMILES string of the molecule is O=C1CC(n2c(CO)nc3cnc(Nc4ccnc(-c5cnn(S(=O)(=O)C6CC6)c5)n4)cc32)CN1. The average Bonchev–Trinajstić information content (AvgIpc) is 3.28. The van der Waals surface area contributed by atoms with Gasteiger partial charge in [0.2, 0.25) is 5.91 Å². The van der Waals surface area contributed by atoms with Crippen molar-refractivity contribution in [2.75, 3.05) is 11.9 Å². The fourth-order valence-corrected chi connectivity index (χ4v) is 5.66. The molecule has 13 nitrogen and oxygen atoms in total. The molecule has 35 heavy (non-hydrogen) atoms. The van der Waals surface area contributed by atoms with E-state index in [0.29, 0.717) is 60.2 Å². The Labute approximate surface area is 199 Å². The zero-order chi connectivity index (χ0) is 24.2. The van der Waals surface area contributed by atoms with Crippen LogP contribution in [-0.2, 0) is 21.4 Å². The van der Waals surface area contributed by atoms with Gasteiger partial charge in [0.1, 0.15) is 29.6 Å². The number of hydrogen-bond acceptors (Lipinski definition) is 10. The molecule has 1 aliphatic heterocycles. The smallest absolute Gasteiger partial charge is 0.256 e. The highest BCUT2D eigenvalue weighted by atomic mass is 32.2.